The van der Waals surface area contributed by atoms with E-state index in [0.29, 0.717) is 34.5 Å². The van der Waals surface area contributed by atoms with E-state index >= 15 is 0 Å². The first-order chi connectivity index (χ1) is 13.6. The fourth-order valence-corrected chi connectivity index (χ4v) is 3.17. The normalized spacial score (nSPS) is 12.7. The van der Waals surface area contributed by atoms with Crippen LogP contribution < -0.4 is 9.30 Å². The molecule has 2 heterocycles. The molecule has 0 saturated heterocycles. The minimum absolute atomic E-state index is 0.000625. The molecular weight excluding hydrogens is 360 g/mol. The zero-order chi connectivity index (χ0) is 19.5. The van der Waals surface area contributed by atoms with Gasteiger partial charge in [0.25, 0.3) is 5.69 Å². The maximum absolute atomic E-state index is 12.5. The monoisotopic (exact) mass is 377 g/mol. The molecule has 1 aliphatic heterocycles. The van der Waals surface area contributed by atoms with Gasteiger partial charge in [-0.3, -0.25) is 14.9 Å². The molecule has 0 amide bonds. The van der Waals surface area contributed by atoms with Crippen LogP contribution in [0.3, 0.4) is 0 Å². The lowest BCUT2D eigenvalue weighted by Gasteiger charge is -2.19. The van der Waals surface area contributed by atoms with Gasteiger partial charge >= 0.3 is 0 Å². The molecule has 4 rings (SSSR count). The molecule has 0 atom stereocenters. The molecule has 28 heavy (non-hydrogen) atoms. The first-order valence-electron chi connectivity index (χ1n) is 8.71. The number of hydrogen-bond donors (Lipinski definition) is 0. The maximum atomic E-state index is 12.5. The third-order valence-corrected chi connectivity index (χ3v) is 4.52. The molecule has 7 nitrogen and oxygen atoms in total. The van der Waals surface area contributed by atoms with Gasteiger partial charge in [-0.1, -0.05) is 30.3 Å². The van der Waals surface area contributed by atoms with E-state index in [0.717, 1.165) is 0 Å². The predicted molar refractivity (Wildman–Crippen MR) is 99.0 cm³/mol. The molecule has 0 spiro atoms. The van der Waals surface area contributed by atoms with Crippen molar-refractivity contribution < 1.29 is 23.8 Å². The van der Waals surface area contributed by atoms with Gasteiger partial charge in [0.15, 0.2) is 31.5 Å². The number of carbonyl (C=O) groups excluding carboxylic acids is 1. The Morgan fingerprint density at radius 2 is 1.79 bits per heavy atom. The van der Waals surface area contributed by atoms with Crippen molar-refractivity contribution in [3.63, 3.8) is 0 Å². The lowest BCUT2D eigenvalue weighted by Crippen LogP contribution is -2.34. The number of rotatable bonds is 5. The predicted octanol–water partition coefficient (Wildman–Crippen LogP) is 3.03. The third-order valence-electron chi connectivity index (χ3n) is 4.52. The Hall–Kier alpha value is -3.58. The van der Waals surface area contributed by atoms with E-state index in [1.54, 1.807) is 36.7 Å². The molecule has 0 unspecified atom stereocenters. The second-order valence-electron chi connectivity index (χ2n) is 6.42. The fraction of sp³-hybridized carbons (Fsp3) is 0.143. The summed E-state index contributed by atoms with van der Waals surface area (Å²) in [6.45, 7) is 0.774. The van der Waals surface area contributed by atoms with Crippen LogP contribution in [0.5, 0.6) is 5.75 Å². The number of non-ortho nitro benzene ring substituents is 1. The van der Waals surface area contributed by atoms with E-state index in [4.69, 9.17) is 9.47 Å². The number of fused-ring (bicyclic) bond motifs is 1. The first kappa shape index (κ1) is 17.8. The van der Waals surface area contributed by atoms with Gasteiger partial charge in [-0.05, 0) is 0 Å². The van der Waals surface area contributed by atoms with Crippen LogP contribution in [0.15, 0.2) is 67.0 Å². The summed E-state index contributed by atoms with van der Waals surface area (Å²) in [5.74, 6) is 0.565. The summed E-state index contributed by atoms with van der Waals surface area (Å²) in [4.78, 5) is 23.3. The van der Waals surface area contributed by atoms with Gasteiger partial charge in [-0.15, -0.1) is 0 Å². The van der Waals surface area contributed by atoms with Crippen molar-refractivity contribution in [2.24, 2.45) is 0 Å². The fourth-order valence-electron chi connectivity index (χ4n) is 3.17. The summed E-state index contributed by atoms with van der Waals surface area (Å²) in [5, 5.41) is 11.2. The molecule has 2 aromatic carbocycles. The average molecular weight is 377 g/mol. The number of ether oxygens (including phenoxy) is 2. The number of nitro benzene ring substituents is 1. The summed E-state index contributed by atoms with van der Waals surface area (Å²) >= 11 is 0. The Balaban J connectivity index is 1.60. The lowest BCUT2D eigenvalue weighted by molar-refractivity contribution is -0.688. The van der Waals surface area contributed by atoms with E-state index < -0.39 is 4.92 Å². The summed E-state index contributed by atoms with van der Waals surface area (Å²) < 4.78 is 12.6. The molecule has 0 saturated carbocycles. The summed E-state index contributed by atoms with van der Waals surface area (Å²) in [7, 11) is 0. The van der Waals surface area contributed by atoms with Gasteiger partial charge in [0.05, 0.1) is 17.1 Å². The van der Waals surface area contributed by atoms with Crippen LogP contribution in [0.1, 0.15) is 27.0 Å². The Labute approximate surface area is 160 Å². The SMILES string of the molecule is O=C(c1ccccc1)c1cc[n+](Cc2cc([N+](=O)[O-])cc3c2OCOC3)cc1. The Bertz CT molecular complexity index is 1030. The van der Waals surface area contributed by atoms with Gasteiger partial charge < -0.3 is 9.47 Å². The van der Waals surface area contributed by atoms with Crippen molar-refractivity contribution in [3.05, 3.63) is 99.4 Å². The number of nitrogens with zero attached hydrogens (tertiary/aromatic N) is 2. The van der Waals surface area contributed by atoms with Crippen LogP contribution in [0.25, 0.3) is 0 Å². The van der Waals surface area contributed by atoms with E-state index in [9.17, 15) is 14.9 Å². The number of benzene rings is 2. The smallest absolute Gasteiger partial charge is 0.270 e. The number of nitro groups is 1. The summed E-state index contributed by atoms with van der Waals surface area (Å²) in [5.41, 5.74) is 2.56. The second-order valence-corrected chi connectivity index (χ2v) is 6.42. The first-order valence-corrected chi connectivity index (χ1v) is 8.71. The van der Waals surface area contributed by atoms with Crippen LogP contribution in [0.2, 0.25) is 0 Å². The largest absolute Gasteiger partial charge is 0.467 e. The quantitative estimate of drug-likeness (QED) is 0.295. The van der Waals surface area contributed by atoms with E-state index in [1.165, 1.54) is 12.1 Å². The third kappa shape index (κ3) is 3.60. The minimum Gasteiger partial charge on any atom is -0.467 e. The summed E-state index contributed by atoms with van der Waals surface area (Å²) in [6.07, 6.45) is 3.56. The topological polar surface area (TPSA) is 82.6 Å². The Morgan fingerprint density at radius 3 is 2.50 bits per heavy atom. The summed E-state index contributed by atoms with van der Waals surface area (Å²) in [6, 6.07) is 15.5. The van der Waals surface area contributed by atoms with Crippen molar-refractivity contribution in [3.8, 4) is 5.75 Å². The van der Waals surface area contributed by atoms with Crippen molar-refractivity contribution >= 4 is 11.5 Å². The van der Waals surface area contributed by atoms with Gasteiger partial charge in [-0.2, -0.15) is 0 Å². The Morgan fingerprint density at radius 1 is 1.07 bits per heavy atom. The van der Waals surface area contributed by atoms with Crippen LogP contribution >= 0.6 is 0 Å². The standard InChI is InChI=1S/C21H17N2O5/c24-20(15-4-2-1-3-5-15)16-6-8-22(9-7-16)12-17-10-19(23(25)26)11-18-13-27-14-28-21(17)18/h1-11H,12-14H2/q+1. The number of hydrogen-bond acceptors (Lipinski definition) is 5. The van der Waals surface area contributed by atoms with Crippen molar-refractivity contribution in [1.29, 1.82) is 0 Å². The molecule has 3 aromatic rings. The Kier molecular flexibility index (Phi) is 4.82. The minimum atomic E-state index is -0.426. The van der Waals surface area contributed by atoms with Gasteiger partial charge in [-0.25, -0.2) is 4.57 Å². The van der Waals surface area contributed by atoms with Crippen LogP contribution in [-0.2, 0) is 17.9 Å². The molecule has 140 valence electrons. The van der Waals surface area contributed by atoms with Crippen LogP contribution in [-0.4, -0.2) is 17.5 Å². The maximum Gasteiger partial charge on any atom is 0.270 e. The molecule has 0 aliphatic carbocycles. The van der Waals surface area contributed by atoms with Crippen molar-refractivity contribution in [1.82, 2.24) is 0 Å². The number of aromatic nitrogens is 1. The number of ketones is 1. The lowest BCUT2D eigenvalue weighted by atomic mass is 10.0. The number of pyridine rings is 1. The average Bonchev–Trinajstić information content (AvgIpc) is 2.74. The van der Waals surface area contributed by atoms with Gasteiger partial charge in [0.2, 0.25) is 0 Å². The molecule has 0 fully saturated rings. The zero-order valence-electron chi connectivity index (χ0n) is 14.9. The zero-order valence-corrected chi connectivity index (χ0v) is 14.9. The molecule has 0 N–H and O–H groups in total. The highest BCUT2D eigenvalue weighted by molar-refractivity contribution is 6.08. The van der Waals surface area contributed by atoms with Crippen LogP contribution in [0.4, 0.5) is 5.69 Å². The van der Waals surface area contributed by atoms with E-state index in [2.05, 4.69) is 0 Å². The molecule has 7 heteroatoms. The second kappa shape index (κ2) is 7.58. The molecular formula is C21H17N2O5+. The van der Waals surface area contributed by atoms with Gasteiger partial charge in [0.1, 0.15) is 5.75 Å². The van der Waals surface area contributed by atoms with E-state index in [1.807, 2.05) is 22.8 Å². The molecule has 0 bridgehead atoms. The van der Waals surface area contributed by atoms with Crippen molar-refractivity contribution in [2.75, 3.05) is 6.79 Å². The number of carbonyl (C=O) groups is 1. The highest BCUT2D eigenvalue weighted by atomic mass is 16.7. The van der Waals surface area contributed by atoms with Crippen molar-refractivity contribution in [2.45, 2.75) is 13.2 Å². The van der Waals surface area contributed by atoms with E-state index in [-0.39, 0.29) is 24.9 Å². The molecule has 1 aromatic heterocycles. The van der Waals surface area contributed by atoms with Crippen LogP contribution in [0, 0.1) is 10.1 Å². The highest BCUT2D eigenvalue weighted by Crippen LogP contribution is 2.32. The molecule has 1 aliphatic rings. The highest BCUT2D eigenvalue weighted by Gasteiger charge is 2.23. The molecule has 0 radical (unpaired) electrons. The van der Waals surface area contributed by atoms with Gasteiger partial charge in [0, 0.05) is 41.0 Å².